The first-order valence-electron chi connectivity index (χ1n) is 10.5. The van der Waals surface area contributed by atoms with E-state index in [0.717, 1.165) is 34.2 Å². The summed E-state index contributed by atoms with van der Waals surface area (Å²) in [6.45, 7) is 3.19. The molecule has 32 heavy (non-hydrogen) atoms. The quantitative estimate of drug-likeness (QED) is 0.451. The van der Waals surface area contributed by atoms with Gasteiger partial charge in [0.15, 0.2) is 0 Å². The van der Waals surface area contributed by atoms with Crippen LogP contribution < -0.4 is 5.32 Å². The fraction of sp³-hybridized carbons (Fsp3) is 0.160. The number of nitrogens with zero attached hydrogens (tertiary/aromatic N) is 5. The number of amides is 1. The highest BCUT2D eigenvalue weighted by molar-refractivity contribution is 6.05. The van der Waals surface area contributed by atoms with Crippen molar-refractivity contribution in [2.45, 2.75) is 19.9 Å². The van der Waals surface area contributed by atoms with Crippen molar-refractivity contribution in [1.82, 2.24) is 30.0 Å². The van der Waals surface area contributed by atoms with Crippen molar-refractivity contribution < 1.29 is 4.79 Å². The van der Waals surface area contributed by atoms with Gasteiger partial charge < -0.3 is 9.88 Å². The Morgan fingerprint density at radius 1 is 0.969 bits per heavy atom. The van der Waals surface area contributed by atoms with Gasteiger partial charge in [0.2, 0.25) is 5.65 Å². The second-order valence-electron chi connectivity index (χ2n) is 7.70. The highest BCUT2D eigenvalue weighted by Gasteiger charge is 2.15. The molecule has 3 aromatic heterocycles. The predicted octanol–water partition coefficient (Wildman–Crippen LogP) is 3.70. The summed E-state index contributed by atoms with van der Waals surface area (Å²) in [4.78, 5) is 21.4. The third kappa shape index (κ3) is 3.92. The average molecular weight is 422 g/mol. The minimum Gasteiger partial charge on any atom is -0.352 e. The van der Waals surface area contributed by atoms with Crippen LogP contribution in [-0.4, -0.2) is 37.2 Å². The molecule has 0 unspecified atom stereocenters. The Bertz CT molecular complexity index is 1400. The summed E-state index contributed by atoms with van der Waals surface area (Å²) in [5, 5.41) is 12.5. The summed E-state index contributed by atoms with van der Waals surface area (Å²) in [5.74, 6) is 0.745. The zero-order valence-electron chi connectivity index (χ0n) is 17.7. The average Bonchev–Trinajstić information content (AvgIpc) is 3.15. The summed E-state index contributed by atoms with van der Waals surface area (Å²) in [7, 11) is 0. The monoisotopic (exact) mass is 422 g/mol. The van der Waals surface area contributed by atoms with Crippen molar-refractivity contribution in [2.24, 2.45) is 0 Å². The lowest BCUT2D eigenvalue weighted by Crippen LogP contribution is -2.25. The van der Waals surface area contributed by atoms with E-state index in [2.05, 4.69) is 42.2 Å². The first-order chi connectivity index (χ1) is 15.7. The number of aryl methyl sites for hydroxylation is 1. The van der Waals surface area contributed by atoms with Crippen molar-refractivity contribution in [3.05, 3.63) is 95.6 Å². The van der Waals surface area contributed by atoms with Crippen molar-refractivity contribution in [1.29, 1.82) is 0 Å². The molecule has 0 saturated heterocycles. The maximum Gasteiger partial charge on any atom is 0.251 e. The van der Waals surface area contributed by atoms with Crippen LogP contribution in [0.4, 0.5) is 0 Å². The van der Waals surface area contributed by atoms with Gasteiger partial charge in [-0.1, -0.05) is 30.3 Å². The van der Waals surface area contributed by atoms with Gasteiger partial charge in [0.25, 0.3) is 5.91 Å². The Labute approximate surface area is 185 Å². The second kappa shape index (κ2) is 8.55. The maximum atomic E-state index is 12.8. The number of pyridine rings is 1. The van der Waals surface area contributed by atoms with Crippen LogP contribution in [0.1, 0.15) is 27.3 Å². The van der Waals surface area contributed by atoms with Crippen LogP contribution in [0.15, 0.2) is 73.1 Å². The Hall–Kier alpha value is -4.13. The number of hydrogen-bond acceptors (Lipinski definition) is 5. The molecule has 2 aromatic carbocycles. The van der Waals surface area contributed by atoms with Crippen LogP contribution in [0.5, 0.6) is 0 Å². The van der Waals surface area contributed by atoms with Gasteiger partial charge >= 0.3 is 0 Å². The molecule has 5 aromatic rings. The van der Waals surface area contributed by atoms with Gasteiger partial charge in [0.05, 0.1) is 11.0 Å². The Kier molecular flexibility index (Phi) is 5.29. The van der Waals surface area contributed by atoms with E-state index in [1.807, 2.05) is 49.4 Å². The van der Waals surface area contributed by atoms with E-state index in [9.17, 15) is 4.79 Å². The zero-order valence-corrected chi connectivity index (χ0v) is 17.7. The van der Waals surface area contributed by atoms with Crippen LogP contribution in [-0.2, 0) is 13.0 Å². The molecule has 5 rings (SSSR count). The number of nitrogens with one attached hydrogen (secondary N) is 1. The lowest BCUT2D eigenvalue weighted by atomic mass is 10.1. The molecule has 0 aliphatic rings. The molecule has 0 aliphatic carbocycles. The molecule has 158 valence electrons. The van der Waals surface area contributed by atoms with E-state index in [0.29, 0.717) is 24.3 Å². The molecule has 7 heteroatoms. The largest absolute Gasteiger partial charge is 0.352 e. The summed E-state index contributed by atoms with van der Waals surface area (Å²) in [6.07, 6.45) is 4.27. The van der Waals surface area contributed by atoms with E-state index >= 15 is 0 Å². The lowest BCUT2D eigenvalue weighted by molar-refractivity contribution is 0.0954. The molecule has 0 fully saturated rings. The number of benzene rings is 2. The van der Waals surface area contributed by atoms with Crippen LogP contribution in [0.3, 0.4) is 0 Å². The van der Waals surface area contributed by atoms with Crippen molar-refractivity contribution in [3.63, 3.8) is 0 Å². The van der Waals surface area contributed by atoms with Crippen molar-refractivity contribution in [3.8, 4) is 0 Å². The number of imidazole rings is 1. The van der Waals surface area contributed by atoms with E-state index in [-0.39, 0.29) is 5.91 Å². The third-order valence-corrected chi connectivity index (χ3v) is 5.54. The Morgan fingerprint density at radius 2 is 1.78 bits per heavy atom. The summed E-state index contributed by atoms with van der Waals surface area (Å²) in [5.41, 5.74) is 5.11. The second-order valence-corrected chi connectivity index (χ2v) is 7.70. The zero-order chi connectivity index (χ0) is 21.9. The molecule has 0 radical (unpaired) electrons. The number of aromatic nitrogens is 5. The molecule has 0 spiro atoms. The molecule has 0 bridgehead atoms. The summed E-state index contributed by atoms with van der Waals surface area (Å²) >= 11 is 0. The van der Waals surface area contributed by atoms with Crippen LogP contribution >= 0.6 is 0 Å². The van der Waals surface area contributed by atoms with Gasteiger partial charge in [-0.3, -0.25) is 9.78 Å². The normalized spacial score (nSPS) is 11.2. The van der Waals surface area contributed by atoms with Gasteiger partial charge in [0, 0.05) is 36.4 Å². The summed E-state index contributed by atoms with van der Waals surface area (Å²) < 4.78 is 2.13. The number of carbonyl (C=O) groups excluding carboxylic acids is 1. The fourth-order valence-electron chi connectivity index (χ4n) is 3.87. The van der Waals surface area contributed by atoms with E-state index in [1.54, 1.807) is 18.5 Å². The van der Waals surface area contributed by atoms with E-state index in [1.165, 1.54) is 5.56 Å². The van der Waals surface area contributed by atoms with E-state index < -0.39 is 0 Å². The smallest absolute Gasteiger partial charge is 0.251 e. The van der Waals surface area contributed by atoms with Crippen molar-refractivity contribution >= 4 is 28.0 Å². The van der Waals surface area contributed by atoms with Crippen LogP contribution in [0, 0.1) is 6.92 Å². The molecule has 3 heterocycles. The standard InChI is InChI=1S/C25H22N6O/c1-17-28-24-23(31(17)16-19-5-3-2-4-6-19)21-15-20(7-8-22(21)29-30-24)25(32)27-14-11-18-9-12-26-13-10-18/h2-10,12-13,15H,11,14,16H2,1H3,(H,27,32). The predicted molar refractivity (Wildman–Crippen MR) is 123 cm³/mol. The maximum absolute atomic E-state index is 12.8. The minimum atomic E-state index is -0.114. The van der Waals surface area contributed by atoms with Gasteiger partial charge in [0.1, 0.15) is 5.82 Å². The van der Waals surface area contributed by atoms with E-state index in [4.69, 9.17) is 0 Å². The van der Waals surface area contributed by atoms with Crippen LogP contribution in [0.25, 0.3) is 22.1 Å². The molecular weight excluding hydrogens is 400 g/mol. The topological polar surface area (TPSA) is 85.6 Å². The van der Waals surface area contributed by atoms with Crippen molar-refractivity contribution in [2.75, 3.05) is 6.54 Å². The number of fused-ring (bicyclic) bond motifs is 3. The Morgan fingerprint density at radius 3 is 2.59 bits per heavy atom. The molecule has 1 amide bonds. The van der Waals surface area contributed by atoms with Gasteiger partial charge in [-0.2, -0.15) is 0 Å². The molecule has 7 nitrogen and oxygen atoms in total. The molecule has 0 saturated carbocycles. The number of hydrogen-bond donors (Lipinski definition) is 1. The fourth-order valence-corrected chi connectivity index (χ4v) is 3.87. The number of carbonyl (C=O) groups is 1. The molecule has 0 atom stereocenters. The highest BCUT2D eigenvalue weighted by atomic mass is 16.1. The minimum absolute atomic E-state index is 0.114. The SMILES string of the molecule is Cc1nc2nnc3ccc(C(=O)NCCc4ccncc4)cc3c2n1Cc1ccccc1. The third-order valence-electron chi connectivity index (χ3n) is 5.54. The van der Waals surface area contributed by atoms with Gasteiger partial charge in [-0.05, 0) is 54.8 Å². The Balaban J connectivity index is 1.46. The highest BCUT2D eigenvalue weighted by Crippen LogP contribution is 2.25. The summed E-state index contributed by atoms with van der Waals surface area (Å²) in [6, 6.07) is 19.6. The molecule has 1 N–H and O–H groups in total. The van der Waals surface area contributed by atoms with Gasteiger partial charge in [-0.25, -0.2) is 4.98 Å². The number of rotatable bonds is 6. The van der Waals surface area contributed by atoms with Gasteiger partial charge in [-0.15, -0.1) is 10.2 Å². The lowest BCUT2D eigenvalue weighted by Gasteiger charge is -2.10. The molecule has 0 aliphatic heterocycles. The molecular formula is C25H22N6O. The van der Waals surface area contributed by atoms with Crippen LogP contribution in [0.2, 0.25) is 0 Å². The first-order valence-corrected chi connectivity index (χ1v) is 10.5. The first kappa shape index (κ1) is 19.8.